The fourth-order valence-electron chi connectivity index (χ4n) is 2.81. The molecular weight excluding hydrogens is 370 g/mol. The summed E-state index contributed by atoms with van der Waals surface area (Å²) in [6.07, 6.45) is 4.44. The first-order valence-electron chi connectivity index (χ1n) is 9.52. The lowest BCUT2D eigenvalue weighted by Gasteiger charge is -2.08. The molecule has 1 unspecified atom stereocenters. The number of unbranched alkanes of at least 4 members (excludes halogenated alkanes) is 1. The summed E-state index contributed by atoms with van der Waals surface area (Å²) < 4.78 is 5.80. The first-order chi connectivity index (χ1) is 13.7. The van der Waals surface area contributed by atoms with Gasteiger partial charge in [0, 0.05) is 5.56 Å². The van der Waals surface area contributed by atoms with E-state index in [0.717, 1.165) is 24.2 Å². The van der Waals surface area contributed by atoms with Gasteiger partial charge in [0.25, 0.3) is 0 Å². The summed E-state index contributed by atoms with van der Waals surface area (Å²) in [4.78, 5) is 12.2. The molecule has 1 atom stereocenters. The molecule has 28 heavy (non-hydrogen) atoms. The van der Waals surface area contributed by atoms with E-state index in [2.05, 4.69) is 41.5 Å². The van der Waals surface area contributed by atoms with E-state index in [1.54, 1.807) is 6.21 Å². The molecule has 0 spiro atoms. The average Bonchev–Trinajstić information content (AvgIpc) is 3.04. The van der Waals surface area contributed by atoms with Crippen LogP contribution in [-0.4, -0.2) is 29.1 Å². The minimum Gasteiger partial charge on any atom is -0.493 e. The molecule has 1 aliphatic rings. The number of hydrogen-bond donors (Lipinski definition) is 1. The van der Waals surface area contributed by atoms with Crippen molar-refractivity contribution in [3.8, 4) is 5.75 Å². The molecule has 5 nitrogen and oxygen atoms in total. The number of hydrogen-bond acceptors (Lipinski definition) is 5. The smallest absolute Gasteiger partial charge is 0.239 e. The molecular formula is C22H25N3O2S. The number of ether oxygens (including phenoxy) is 1. The Labute approximate surface area is 170 Å². The van der Waals surface area contributed by atoms with Crippen LogP contribution in [0.3, 0.4) is 0 Å². The van der Waals surface area contributed by atoms with E-state index in [0.29, 0.717) is 18.2 Å². The Balaban J connectivity index is 1.62. The van der Waals surface area contributed by atoms with Gasteiger partial charge in [0.15, 0.2) is 5.17 Å². The van der Waals surface area contributed by atoms with Gasteiger partial charge >= 0.3 is 0 Å². The number of carbonyl (C=O) groups is 1. The van der Waals surface area contributed by atoms with E-state index in [1.807, 2.05) is 36.4 Å². The number of amidine groups is 1. The van der Waals surface area contributed by atoms with Crippen molar-refractivity contribution in [3.63, 3.8) is 0 Å². The summed E-state index contributed by atoms with van der Waals surface area (Å²) in [5.74, 6) is 0.769. The normalized spacial score (nSPS) is 18.0. The first kappa shape index (κ1) is 20.1. The molecule has 2 aromatic carbocycles. The van der Waals surface area contributed by atoms with Gasteiger partial charge in [-0.15, -0.1) is 5.10 Å². The monoisotopic (exact) mass is 395 g/mol. The van der Waals surface area contributed by atoms with E-state index >= 15 is 0 Å². The van der Waals surface area contributed by atoms with Crippen LogP contribution in [0.1, 0.15) is 36.5 Å². The van der Waals surface area contributed by atoms with Crippen molar-refractivity contribution in [1.29, 1.82) is 0 Å². The van der Waals surface area contributed by atoms with Crippen molar-refractivity contribution in [3.05, 3.63) is 65.2 Å². The molecule has 0 aromatic heterocycles. The molecule has 0 bridgehead atoms. The van der Waals surface area contributed by atoms with Gasteiger partial charge in [-0.1, -0.05) is 61.5 Å². The molecule has 1 aliphatic heterocycles. The Morgan fingerprint density at radius 1 is 1.18 bits per heavy atom. The maximum atomic E-state index is 12.2. The lowest BCUT2D eigenvalue weighted by molar-refractivity contribution is -0.118. The third kappa shape index (κ3) is 5.45. The Kier molecular flexibility index (Phi) is 7.25. The molecule has 1 fully saturated rings. The number of para-hydroxylation sites is 1. The van der Waals surface area contributed by atoms with E-state index in [1.165, 1.54) is 22.9 Å². The predicted octanol–water partition coefficient (Wildman–Crippen LogP) is 4.34. The summed E-state index contributed by atoms with van der Waals surface area (Å²) in [5.41, 5.74) is 3.24. The van der Waals surface area contributed by atoms with Crippen LogP contribution in [0.15, 0.2) is 58.7 Å². The molecule has 0 radical (unpaired) electrons. The SMILES string of the molecule is CCCCOc1ccccc1/C=N/N=C1\NC(=O)C(Cc2ccccc2C)S1. The maximum absolute atomic E-state index is 12.2. The highest BCUT2D eigenvalue weighted by molar-refractivity contribution is 8.15. The molecule has 1 saturated heterocycles. The summed E-state index contributed by atoms with van der Waals surface area (Å²) in [5, 5.41) is 11.5. The van der Waals surface area contributed by atoms with Crippen LogP contribution in [0.5, 0.6) is 5.75 Å². The fourth-order valence-corrected chi connectivity index (χ4v) is 3.77. The summed E-state index contributed by atoms with van der Waals surface area (Å²) in [7, 11) is 0. The van der Waals surface area contributed by atoms with Crippen molar-refractivity contribution >= 4 is 29.1 Å². The van der Waals surface area contributed by atoms with Gasteiger partial charge < -0.3 is 10.1 Å². The number of thioether (sulfide) groups is 1. The van der Waals surface area contributed by atoms with Crippen LogP contribution < -0.4 is 10.1 Å². The summed E-state index contributed by atoms with van der Waals surface area (Å²) in [6.45, 7) is 4.88. The van der Waals surface area contributed by atoms with Gasteiger partial charge in [-0.25, -0.2) is 0 Å². The Hall–Kier alpha value is -2.60. The van der Waals surface area contributed by atoms with E-state index in [-0.39, 0.29) is 11.2 Å². The third-order valence-corrected chi connectivity index (χ3v) is 5.54. The Bertz CT molecular complexity index is 880. The molecule has 1 amide bonds. The summed E-state index contributed by atoms with van der Waals surface area (Å²) >= 11 is 1.42. The van der Waals surface area contributed by atoms with Crippen LogP contribution >= 0.6 is 11.8 Å². The van der Waals surface area contributed by atoms with Crippen LogP contribution in [0.4, 0.5) is 0 Å². The molecule has 146 valence electrons. The van der Waals surface area contributed by atoms with Gasteiger partial charge in [-0.2, -0.15) is 5.10 Å². The topological polar surface area (TPSA) is 63.1 Å². The number of nitrogens with one attached hydrogen (secondary N) is 1. The molecule has 1 N–H and O–H groups in total. The second-order valence-corrected chi connectivity index (χ2v) is 7.81. The third-order valence-electron chi connectivity index (χ3n) is 4.46. The number of rotatable bonds is 8. The second-order valence-electron chi connectivity index (χ2n) is 6.62. The molecule has 0 saturated carbocycles. The van der Waals surface area contributed by atoms with Crippen molar-refractivity contribution in [1.82, 2.24) is 5.32 Å². The van der Waals surface area contributed by atoms with Gasteiger partial charge in [0.1, 0.15) is 5.75 Å². The number of benzene rings is 2. The first-order valence-corrected chi connectivity index (χ1v) is 10.4. The summed E-state index contributed by atoms with van der Waals surface area (Å²) in [6, 6.07) is 15.9. The minimum atomic E-state index is -0.181. The second kappa shape index (κ2) is 10.1. The zero-order valence-corrected chi connectivity index (χ0v) is 17.0. The molecule has 1 heterocycles. The quantitative estimate of drug-likeness (QED) is 0.411. The zero-order chi connectivity index (χ0) is 19.8. The number of aryl methyl sites for hydroxylation is 1. The van der Waals surface area contributed by atoms with Crippen LogP contribution in [-0.2, 0) is 11.2 Å². The van der Waals surface area contributed by atoms with Gasteiger partial charge in [0.05, 0.1) is 18.1 Å². The highest BCUT2D eigenvalue weighted by Crippen LogP contribution is 2.24. The van der Waals surface area contributed by atoms with Gasteiger partial charge in [-0.3, -0.25) is 4.79 Å². The predicted molar refractivity (Wildman–Crippen MR) is 116 cm³/mol. The average molecular weight is 396 g/mol. The minimum absolute atomic E-state index is 0.0227. The van der Waals surface area contributed by atoms with Crippen LogP contribution in [0.25, 0.3) is 0 Å². The van der Waals surface area contributed by atoms with Gasteiger partial charge in [-0.05, 0) is 43.0 Å². The van der Waals surface area contributed by atoms with Crippen molar-refractivity contribution in [2.24, 2.45) is 10.2 Å². The zero-order valence-electron chi connectivity index (χ0n) is 16.2. The van der Waals surface area contributed by atoms with Crippen molar-refractivity contribution in [2.75, 3.05) is 6.61 Å². The number of carbonyl (C=O) groups excluding carboxylic acids is 1. The number of amides is 1. The maximum Gasteiger partial charge on any atom is 0.239 e. The lowest BCUT2D eigenvalue weighted by Crippen LogP contribution is -2.26. The largest absolute Gasteiger partial charge is 0.493 e. The van der Waals surface area contributed by atoms with E-state index in [9.17, 15) is 4.79 Å². The van der Waals surface area contributed by atoms with Crippen molar-refractivity contribution < 1.29 is 9.53 Å². The number of nitrogens with zero attached hydrogens (tertiary/aromatic N) is 2. The Morgan fingerprint density at radius 2 is 1.96 bits per heavy atom. The van der Waals surface area contributed by atoms with E-state index in [4.69, 9.17) is 4.74 Å². The molecule has 2 aromatic rings. The van der Waals surface area contributed by atoms with Crippen molar-refractivity contribution in [2.45, 2.75) is 38.4 Å². The molecule has 0 aliphatic carbocycles. The Morgan fingerprint density at radius 3 is 2.79 bits per heavy atom. The lowest BCUT2D eigenvalue weighted by atomic mass is 10.0. The van der Waals surface area contributed by atoms with Crippen LogP contribution in [0.2, 0.25) is 0 Å². The van der Waals surface area contributed by atoms with E-state index < -0.39 is 0 Å². The van der Waals surface area contributed by atoms with Gasteiger partial charge in [0.2, 0.25) is 5.91 Å². The molecule has 6 heteroatoms. The fraction of sp³-hybridized carbons (Fsp3) is 0.318. The highest BCUT2D eigenvalue weighted by atomic mass is 32.2. The standard InChI is InChI=1S/C22H25N3O2S/c1-3-4-13-27-19-12-8-7-11-18(19)15-23-25-22-24-21(26)20(28-22)14-17-10-6-5-9-16(17)2/h5-12,15,20H,3-4,13-14H2,1-2H3,(H,24,25,26)/b23-15+. The molecule has 3 rings (SSSR count). The van der Waals surface area contributed by atoms with Crippen LogP contribution in [0, 0.1) is 6.92 Å². The highest BCUT2D eigenvalue weighted by Gasteiger charge is 2.30.